The Morgan fingerprint density at radius 2 is 1.27 bits per heavy atom. The molecule has 0 unspecified atom stereocenters. The first-order chi connectivity index (χ1) is 6.83. The van der Waals surface area contributed by atoms with Crippen LogP contribution in [0.2, 0.25) is 0 Å². The molecule has 0 atom stereocenters. The molecule has 0 rings (SSSR count). The van der Waals surface area contributed by atoms with Gasteiger partial charge >= 0.3 is 0 Å². The number of quaternary nitrogens is 2. The zero-order valence-corrected chi connectivity index (χ0v) is 10.6. The molecule has 0 aromatic heterocycles. The first kappa shape index (κ1) is 20.4. The largest absolute Gasteiger partial charge is 0.786 e. The molecule has 5 nitrogen and oxygen atoms in total. The van der Waals surface area contributed by atoms with E-state index in [9.17, 15) is 4.20 Å². The standard InChI is InChI=1S/2C4H11N.FH2O3P/c2*1-2-3-4-5;1-5(2,3)4/h2*2-5H2,1H3;(H2,2,3,4). The highest BCUT2D eigenvalue weighted by atomic mass is 31.2. The summed E-state index contributed by atoms with van der Waals surface area (Å²) in [6, 6.07) is 0. The van der Waals surface area contributed by atoms with Crippen LogP contribution in [0.5, 0.6) is 0 Å². The molecule has 0 fully saturated rings. The number of hydrogen-bond acceptors (Lipinski definition) is 3. The van der Waals surface area contributed by atoms with Crippen LogP contribution in [0.4, 0.5) is 4.20 Å². The minimum atomic E-state index is -5.64. The SMILES string of the molecule is CCCC[NH3+].CCCC[NH3+].O=P([O-])([O-])F. The fraction of sp³-hybridized carbons (Fsp3) is 1.00. The Kier molecular flexibility index (Phi) is 22.4. The van der Waals surface area contributed by atoms with Crippen molar-refractivity contribution >= 4 is 7.91 Å². The molecule has 7 heteroatoms. The van der Waals surface area contributed by atoms with Gasteiger partial charge < -0.3 is 25.8 Å². The fourth-order valence-corrected chi connectivity index (χ4v) is 0.500. The van der Waals surface area contributed by atoms with Crippen LogP contribution >= 0.6 is 7.91 Å². The number of unbranched alkanes of at least 4 members (excludes halogenated alkanes) is 2. The molecular weight excluding hydrogens is 222 g/mol. The van der Waals surface area contributed by atoms with Gasteiger partial charge in [0.15, 0.2) is 0 Å². The van der Waals surface area contributed by atoms with Crippen molar-refractivity contribution in [3.63, 3.8) is 0 Å². The molecule has 0 heterocycles. The number of hydrogen-bond donors (Lipinski definition) is 2. The topological polar surface area (TPSA) is 118 Å². The second kappa shape index (κ2) is 16.4. The molecule has 0 spiro atoms. The minimum absolute atomic E-state index is 1.09. The van der Waals surface area contributed by atoms with Crippen LogP contribution in [-0.4, -0.2) is 13.1 Å². The van der Waals surface area contributed by atoms with E-state index < -0.39 is 7.91 Å². The van der Waals surface area contributed by atoms with E-state index in [0.29, 0.717) is 0 Å². The van der Waals surface area contributed by atoms with E-state index in [2.05, 4.69) is 25.3 Å². The van der Waals surface area contributed by atoms with Crippen LogP contribution in [0, 0.1) is 0 Å². The van der Waals surface area contributed by atoms with Gasteiger partial charge in [-0.3, -0.25) is 0 Å². The van der Waals surface area contributed by atoms with Gasteiger partial charge in [-0.1, -0.05) is 26.7 Å². The minimum Gasteiger partial charge on any atom is -0.786 e. The summed E-state index contributed by atoms with van der Waals surface area (Å²) in [7, 11) is -5.64. The van der Waals surface area contributed by atoms with Crippen molar-refractivity contribution in [2.24, 2.45) is 0 Å². The third kappa shape index (κ3) is 126. The summed E-state index contributed by atoms with van der Waals surface area (Å²) in [5.41, 5.74) is 7.35. The highest BCUT2D eigenvalue weighted by Gasteiger charge is 1.71. The van der Waals surface area contributed by atoms with E-state index in [1.165, 1.54) is 25.7 Å². The van der Waals surface area contributed by atoms with Crippen molar-refractivity contribution in [2.45, 2.75) is 39.5 Å². The molecule has 0 aromatic carbocycles. The van der Waals surface area contributed by atoms with Crippen molar-refractivity contribution in [2.75, 3.05) is 13.1 Å². The lowest BCUT2D eigenvalue weighted by atomic mass is 10.3. The fourth-order valence-electron chi connectivity index (χ4n) is 0.500. The van der Waals surface area contributed by atoms with E-state index in [0.717, 1.165) is 13.1 Å². The normalized spacial score (nSPS) is 9.53. The number of halogens is 1. The molecular formula is C8H24FN2O3P. The molecule has 0 aromatic rings. The summed E-state index contributed by atoms with van der Waals surface area (Å²) in [6.45, 7) is 6.53. The van der Waals surface area contributed by atoms with E-state index in [-0.39, 0.29) is 0 Å². The molecule has 0 amide bonds. The van der Waals surface area contributed by atoms with Crippen molar-refractivity contribution in [1.29, 1.82) is 0 Å². The Balaban J connectivity index is -0.000000144. The summed E-state index contributed by atoms with van der Waals surface area (Å²) < 4.78 is 18.6. The predicted molar refractivity (Wildman–Crippen MR) is 54.0 cm³/mol. The molecule has 0 bridgehead atoms. The summed E-state index contributed by atoms with van der Waals surface area (Å²) in [5, 5.41) is 0. The molecule has 0 saturated carbocycles. The van der Waals surface area contributed by atoms with Gasteiger partial charge in [-0.05, 0) is 12.8 Å². The molecule has 0 saturated heterocycles. The summed E-state index contributed by atoms with van der Waals surface area (Å²) in [6.07, 6.45) is 5.12. The third-order valence-electron chi connectivity index (χ3n) is 1.21. The van der Waals surface area contributed by atoms with Crippen LogP contribution in [0.3, 0.4) is 0 Å². The summed E-state index contributed by atoms with van der Waals surface area (Å²) in [4.78, 5) is 16.9. The molecule has 0 radical (unpaired) electrons. The second-order valence-corrected chi connectivity index (χ2v) is 3.71. The van der Waals surface area contributed by atoms with Gasteiger partial charge in [0.2, 0.25) is 0 Å². The van der Waals surface area contributed by atoms with E-state index in [1.54, 1.807) is 0 Å². The van der Waals surface area contributed by atoms with Crippen molar-refractivity contribution in [3.8, 4) is 0 Å². The van der Waals surface area contributed by atoms with Crippen LogP contribution in [0.15, 0.2) is 0 Å². The molecule has 6 N–H and O–H groups in total. The average molecular weight is 246 g/mol. The summed E-state index contributed by atoms with van der Waals surface area (Å²) >= 11 is 0. The molecule has 0 aliphatic carbocycles. The lowest BCUT2D eigenvalue weighted by Crippen LogP contribution is -2.49. The maximum Gasteiger partial charge on any atom is 0.110 e. The zero-order valence-electron chi connectivity index (χ0n) is 9.71. The quantitative estimate of drug-likeness (QED) is 0.609. The van der Waals surface area contributed by atoms with Gasteiger partial charge in [-0.15, -0.1) is 0 Å². The zero-order chi connectivity index (χ0) is 12.7. The highest BCUT2D eigenvalue weighted by Crippen LogP contribution is 2.22. The number of rotatable bonds is 4. The van der Waals surface area contributed by atoms with Crippen molar-refractivity contribution < 1.29 is 30.0 Å². The summed E-state index contributed by atoms with van der Waals surface area (Å²) in [5.74, 6) is 0. The maximum atomic E-state index is 10.1. The Hall–Kier alpha value is -0.0000000000000000555. The molecule has 0 aliphatic rings. The van der Waals surface area contributed by atoms with Crippen LogP contribution in [0.1, 0.15) is 39.5 Å². The van der Waals surface area contributed by atoms with Crippen LogP contribution < -0.4 is 21.3 Å². The highest BCUT2D eigenvalue weighted by molar-refractivity contribution is 7.42. The Morgan fingerprint density at radius 1 is 1.07 bits per heavy atom. The van der Waals surface area contributed by atoms with Gasteiger partial charge in [0, 0.05) is 0 Å². The van der Waals surface area contributed by atoms with Gasteiger partial charge in [-0.2, -0.15) is 0 Å². The monoisotopic (exact) mass is 246 g/mol. The van der Waals surface area contributed by atoms with Crippen LogP contribution in [0.25, 0.3) is 0 Å². The first-order valence-electron chi connectivity index (χ1n) is 5.13. The van der Waals surface area contributed by atoms with E-state index in [4.69, 9.17) is 14.4 Å². The van der Waals surface area contributed by atoms with Gasteiger partial charge in [0.05, 0.1) is 13.1 Å². The third-order valence-corrected chi connectivity index (χ3v) is 1.21. The van der Waals surface area contributed by atoms with Crippen LogP contribution in [-0.2, 0) is 4.57 Å². The smallest absolute Gasteiger partial charge is 0.110 e. The van der Waals surface area contributed by atoms with Crippen molar-refractivity contribution in [1.82, 2.24) is 0 Å². The van der Waals surface area contributed by atoms with Crippen molar-refractivity contribution in [3.05, 3.63) is 0 Å². The van der Waals surface area contributed by atoms with Gasteiger partial charge in [0.25, 0.3) is 0 Å². The maximum absolute atomic E-state index is 10.1. The van der Waals surface area contributed by atoms with Gasteiger partial charge in [0.1, 0.15) is 7.91 Å². The Morgan fingerprint density at radius 3 is 1.27 bits per heavy atom. The lowest BCUT2D eigenvalue weighted by Gasteiger charge is -2.15. The average Bonchev–Trinajstić information content (AvgIpc) is 2.05. The lowest BCUT2D eigenvalue weighted by molar-refractivity contribution is -0.368. The van der Waals surface area contributed by atoms with Gasteiger partial charge in [-0.25, -0.2) is 4.20 Å². The Bertz CT molecular complexity index is 126. The molecule has 96 valence electrons. The molecule has 0 aliphatic heterocycles. The Labute approximate surface area is 91.3 Å². The molecule has 15 heavy (non-hydrogen) atoms. The second-order valence-electron chi connectivity index (χ2n) is 2.84. The predicted octanol–water partition coefficient (Wildman–Crippen LogP) is -1.16. The van der Waals surface area contributed by atoms with E-state index >= 15 is 0 Å². The first-order valence-corrected chi connectivity index (χ1v) is 6.56. The van der Waals surface area contributed by atoms with E-state index in [1.807, 2.05) is 0 Å².